The molecule has 0 fully saturated rings. The third-order valence-electron chi connectivity index (χ3n) is 4.14. The normalized spacial score (nSPS) is 11.0. The van der Waals surface area contributed by atoms with Gasteiger partial charge in [0.05, 0.1) is 12.0 Å². The Morgan fingerprint density at radius 3 is 2.88 bits per heavy atom. The predicted molar refractivity (Wildman–Crippen MR) is 111 cm³/mol. The Bertz CT molecular complexity index is 1000. The fourth-order valence-corrected chi connectivity index (χ4v) is 4.60. The Labute approximate surface area is 161 Å². The van der Waals surface area contributed by atoms with Crippen LogP contribution in [0.4, 0.5) is 0 Å². The Kier molecular flexibility index (Phi) is 5.84. The standard InChI is InChI=1S/C20H22N2O2S2/c1-5-9-22-19(23)17-14(3)15(4)26-18(17)21-20(22)25-11-10-24-16-8-6-7-13(2)12-16/h5-8,12H,1,9-11H2,2-4H3. The highest BCUT2D eigenvalue weighted by Crippen LogP contribution is 2.28. The molecule has 0 radical (unpaired) electrons. The van der Waals surface area contributed by atoms with Gasteiger partial charge in [0.1, 0.15) is 10.6 Å². The van der Waals surface area contributed by atoms with Gasteiger partial charge in [-0.15, -0.1) is 17.9 Å². The van der Waals surface area contributed by atoms with E-state index in [1.54, 1.807) is 33.7 Å². The zero-order chi connectivity index (χ0) is 18.7. The molecule has 1 aromatic carbocycles. The van der Waals surface area contributed by atoms with E-state index in [0.29, 0.717) is 18.9 Å². The van der Waals surface area contributed by atoms with Crippen molar-refractivity contribution in [1.29, 1.82) is 0 Å². The van der Waals surface area contributed by atoms with E-state index in [0.717, 1.165) is 31.6 Å². The molecule has 2 aromatic heterocycles. The van der Waals surface area contributed by atoms with Crippen LogP contribution in [-0.2, 0) is 6.54 Å². The molecule has 136 valence electrons. The molecule has 0 saturated carbocycles. The molecule has 0 aliphatic heterocycles. The lowest BCUT2D eigenvalue weighted by Gasteiger charge is -2.11. The second-order valence-corrected chi connectivity index (χ2v) is 8.34. The number of aryl methyl sites for hydroxylation is 3. The Balaban J connectivity index is 1.79. The predicted octanol–water partition coefficient (Wildman–Crippen LogP) is 4.74. The van der Waals surface area contributed by atoms with Gasteiger partial charge in [-0.25, -0.2) is 4.98 Å². The van der Waals surface area contributed by atoms with Crippen molar-refractivity contribution >= 4 is 33.3 Å². The van der Waals surface area contributed by atoms with Gasteiger partial charge in [0.15, 0.2) is 5.16 Å². The highest BCUT2D eigenvalue weighted by molar-refractivity contribution is 7.99. The van der Waals surface area contributed by atoms with E-state index in [1.165, 1.54) is 5.56 Å². The molecule has 2 heterocycles. The lowest BCUT2D eigenvalue weighted by Crippen LogP contribution is -2.23. The van der Waals surface area contributed by atoms with Crippen molar-refractivity contribution in [3.8, 4) is 5.75 Å². The molecule has 0 aliphatic carbocycles. The molecule has 0 saturated heterocycles. The number of thiophene rings is 1. The molecule has 0 amide bonds. The third kappa shape index (κ3) is 3.86. The Morgan fingerprint density at radius 1 is 1.35 bits per heavy atom. The van der Waals surface area contributed by atoms with Gasteiger partial charge in [0.25, 0.3) is 5.56 Å². The zero-order valence-electron chi connectivity index (χ0n) is 15.2. The maximum absolute atomic E-state index is 12.9. The number of hydrogen-bond acceptors (Lipinski definition) is 5. The third-order valence-corrected chi connectivity index (χ3v) is 6.18. The summed E-state index contributed by atoms with van der Waals surface area (Å²) < 4.78 is 7.50. The fourth-order valence-electron chi connectivity index (χ4n) is 2.71. The van der Waals surface area contributed by atoms with Crippen molar-refractivity contribution in [1.82, 2.24) is 9.55 Å². The number of hydrogen-bond donors (Lipinski definition) is 0. The first kappa shape index (κ1) is 18.7. The SMILES string of the molecule is C=CCn1c(SCCOc2cccc(C)c2)nc2sc(C)c(C)c2c1=O. The number of rotatable bonds is 7. The minimum atomic E-state index is 0.0128. The number of aromatic nitrogens is 2. The first-order chi connectivity index (χ1) is 12.5. The molecule has 4 nitrogen and oxygen atoms in total. The van der Waals surface area contributed by atoms with Gasteiger partial charge in [-0.2, -0.15) is 0 Å². The lowest BCUT2D eigenvalue weighted by molar-refractivity contribution is 0.343. The summed E-state index contributed by atoms with van der Waals surface area (Å²) in [5.41, 5.74) is 2.21. The summed E-state index contributed by atoms with van der Waals surface area (Å²) in [6, 6.07) is 7.99. The summed E-state index contributed by atoms with van der Waals surface area (Å²) in [4.78, 5) is 19.6. The summed E-state index contributed by atoms with van der Waals surface area (Å²) in [6.07, 6.45) is 1.73. The van der Waals surface area contributed by atoms with Crippen LogP contribution in [0.1, 0.15) is 16.0 Å². The highest BCUT2D eigenvalue weighted by Gasteiger charge is 2.16. The van der Waals surface area contributed by atoms with Crippen molar-refractivity contribution < 1.29 is 4.74 Å². The van der Waals surface area contributed by atoms with Crippen molar-refractivity contribution in [3.05, 3.63) is 63.3 Å². The highest BCUT2D eigenvalue weighted by atomic mass is 32.2. The molecule has 0 aliphatic rings. The lowest BCUT2D eigenvalue weighted by atomic mass is 10.2. The number of ether oxygens (including phenoxy) is 1. The molecular weight excluding hydrogens is 364 g/mol. The largest absolute Gasteiger partial charge is 0.493 e. The van der Waals surface area contributed by atoms with Gasteiger partial charge in [-0.3, -0.25) is 9.36 Å². The van der Waals surface area contributed by atoms with Gasteiger partial charge < -0.3 is 4.74 Å². The number of benzene rings is 1. The second-order valence-electron chi connectivity index (χ2n) is 6.08. The maximum atomic E-state index is 12.9. The van der Waals surface area contributed by atoms with Crippen LogP contribution in [0.3, 0.4) is 0 Å². The first-order valence-corrected chi connectivity index (χ1v) is 10.2. The van der Waals surface area contributed by atoms with Crippen LogP contribution in [0, 0.1) is 20.8 Å². The van der Waals surface area contributed by atoms with Crippen LogP contribution in [-0.4, -0.2) is 21.9 Å². The molecule has 3 rings (SSSR count). The maximum Gasteiger partial charge on any atom is 0.263 e. The molecule has 0 N–H and O–H groups in total. The average molecular weight is 387 g/mol. The summed E-state index contributed by atoms with van der Waals surface area (Å²) in [6.45, 7) is 10.8. The van der Waals surface area contributed by atoms with Gasteiger partial charge in [-0.1, -0.05) is 30.0 Å². The first-order valence-electron chi connectivity index (χ1n) is 8.45. The Morgan fingerprint density at radius 2 is 2.15 bits per heavy atom. The number of allylic oxidation sites excluding steroid dienone is 1. The monoisotopic (exact) mass is 386 g/mol. The minimum absolute atomic E-state index is 0.0128. The smallest absolute Gasteiger partial charge is 0.263 e. The van der Waals surface area contributed by atoms with Crippen LogP contribution in [0.25, 0.3) is 10.2 Å². The molecule has 0 spiro atoms. The molecule has 3 aromatic rings. The summed E-state index contributed by atoms with van der Waals surface area (Å²) in [5, 5.41) is 1.45. The molecule has 6 heteroatoms. The van der Waals surface area contributed by atoms with Gasteiger partial charge in [0.2, 0.25) is 0 Å². The van der Waals surface area contributed by atoms with E-state index >= 15 is 0 Å². The van der Waals surface area contributed by atoms with Crippen LogP contribution >= 0.6 is 23.1 Å². The van der Waals surface area contributed by atoms with E-state index in [1.807, 2.05) is 45.0 Å². The molecular formula is C20H22N2O2S2. The van der Waals surface area contributed by atoms with Crippen molar-refractivity contribution in [2.75, 3.05) is 12.4 Å². The van der Waals surface area contributed by atoms with E-state index in [2.05, 4.69) is 6.58 Å². The van der Waals surface area contributed by atoms with E-state index < -0.39 is 0 Å². The van der Waals surface area contributed by atoms with Crippen LogP contribution < -0.4 is 10.3 Å². The van der Waals surface area contributed by atoms with Crippen LogP contribution in [0.5, 0.6) is 5.75 Å². The Hall–Kier alpha value is -2.05. The number of fused-ring (bicyclic) bond motifs is 1. The summed E-state index contributed by atoms with van der Waals surface area (Å²) in [7, 11) is 0. The summed E-state index contributed by atoms with van der Waals surface area (Å²) in [5.74, 6) is 1.58. The van der Waals surface area contributed by atoms with Gasteiger partial charge in [0, 0.05) is 17.2 Å². The minimum Gasteiger partial charge on any atom is -0.493 e. The second kappa shape index (κ2) is 8.10. The van der Waals surface area contributed by atoms with Gasteiger partial charge in [-0.05, 0) is 44.0 Å². The fraction of sp³-hybridized carbons (Fsp3) is 0.300. The van der Waals surface area contributed by atoms with Crippen molar-refractivity contribution in [3.63, 3.8) is 0 Å². The number of nitrogens with zero attached hydrogens (tertiary/aromatic N) is 2. The molecule has 0 unspecified atom stereocenters. The quantitative estimate of drug-likeness (QED) is 0.255. The molecule has 26 heavy (non-hydrogen) atoms. The molecule has 0 bridgehead atoms. The van der Waals surface area contributed by atoms with Crippen LogP contribution in [0.15, 0.2) is 46.9 Å². The van der Waals surface area contributed by atoms with Crippen LogP contribution in [0.2, 0.25) is 0 Å². The molecule has 0 atom stereocenters. The van der Waals surface area contributed by atoms with Crippen molar-refractivity contribution in [2.24, 2.45) is 0 Å². The average Bonchev–Trinajstić information content (AvgIpc) is 2.89. The van der Waals surface area contributed by atoms with E-state index in [-0.39, 0.29) is 5.56 Å². The summed E-state index contributed by atoms with van der Waals surface area (Å²) >= 11 is 3.12. The topological polar surface area (TPSA) is 44.1 Å². The van der Waals surface area contributed by atoms with Crippen molar-refractivity contribution in [2.45, 2.75) is 32.5 Å². The van der Waals surface area contributed by atoms with E-state index in [9.17, 15) is 4.79 Å². The number of thioether (sulfide) groups is 1. The van der Waals surface area contributed by atoms with Gasteiger partial charge >= 0.3 is 0 Å². The zero-order valence-corrected chi connectivity index (χ0v) is 16.9. The van der Waals surface area contributed by atoms with E-state index in [4.69, 9.17) is 9.72 Å².